The Kier molecular flexibility index (Phi) is 4.57. The van der Waals surface area contributed by atoms with Crippen molar-refractivity contribution in [3.05, 3.63) is 53.0 Å². The van der Waals surface area contributed by atoms with Crippen LogP contribution in [0.3, 0.4) is 0 Å². The topological polar surface area (TPSA) is 60.9 Å². The first-order chi connectivity index (χ1) is 11.5. The van der Waals surface area contributed by atoms with Crippen LogP contribution in [-0.4, -0.2) is 26.3 Å². The quantitative estimate of drug-likeness (QED) is 0.519. The molecule has 0 aliphatic heterocycles. The van der Waals surface area contributed by atoms with E-state index in [-0.39, 0.29) is 5.78 Å². The SMILES string of the molecule is Cc1ccc(C(=O)CSc2nnc(-c3ccoc3C)n2C)c(C)c1. The molecule has 2 heterocycles. The van der Waals surface area contributed by atoms with Gasteiger partial charge in [-0.25, -0.2) is 0 Å². The van der Waals surface area contributed by atoms with Crippen molar-refractivity contribution >= 4 is 17.5 Å². The van der Waals surface area contributed by atoms with E-state index < -0.39 is 0 Å². The first-order valence-electron chi connectivity index (χ1n) is 7.64. The average molecular weight is 341 g/mol. The zero-order valence-corrected chi connectivity index (χ0v) is 15.0. The van der Waals surface area contributed by atoms with Crippen molar-refractivity contribution in [2.24, 2.45) is 7.05 Å². The molecule has 0 saturated heterocycles. The van der Waals surface area contributed by atoms with E-state index in [1.54, 1.807) is 6.26 Å². The number of aryl methyl sites for hydroxylation is 3. The molecule has 0 atom stereocenters. The number of benzene rings is 1. The Hall–Kier alpha value is -2.34. The predicted octanol–water partition coefficient (Wildman–Crippen LogP) is 3.98. The van der Waals surface area contributed by atoms with Gasteiger partial charge < -0.3 is 8.98 Å². The molecule has 0 amide bonds. The molecule has 24 heavy (non-hydrogen) atoms. The summed E-state index contributed by atoms with van der Waals surface area (Å²) in [6.45, 7) is 5.88. The number of nitrogens with zero attached hydrogens (tertiary/aromatic N) is 3. The lowest BCUT2D eigenvalue weighted by Gasteiger charge is -2.06. The highest BCUT2D eigenvalue weighted by atomic mass is 32.2. The van der Waals surface area contributed by atoms with Gasteiger partial charge in [0.15, 0.2) is 16.8 Å². The fourth-order valence-corrected chi connectivity index (χ4v) is 3.42. The second-order valence-corrected chi connectivity index (χ2v) is 6.73. The minimum Gasteiger partial charge on any atom is -0.469 e. The highest BCUT2D eigenvalue weighted by Gasteiger charge is 2.16. The second kappa shape index (κ2) is 6.65. The van der Waals surface area contributed by atoms with E-state index in [2.05, 4.69) is 10.2 Å². The van der Waals surface area contributed by atoms with Crippen molar-refractivity contribution in [3.8, 4) is 11.4 Å². The van der Waals surface area contributed by atoms with E-state index in [1.807, 2.05) is 56.7 Å². The van der Waals surface area contributed by atoms with Gasteiger partial charge in [-0.05, 0) is 32.4 Å². The van der Waals surface area contributed by atoms with Crippen molar-refractivity contribution in [3.63, 3.8) is 0 Å². The Balaban J connectivity index is 1.75. The molecule has 124 valence electrons. The number of ketones is 1. The maximum Gasteiger partial charge on any atom is 0.191 e. The summed E-state index contributed by atoms with van der Waals surface area (Å²) in [6.07, 6.45) is 1.63. The lowest BCUT2D eigenvalue weighted by molar-refractivity contribution is 0.102. The third-order valence-corrected chi connectivity index (χ3v) is 4.97. The minimum absolute atomic E-state index is 0.0986. The van der Waals surface area contributed by atoms with E-state index in [0.717, 1.165) is 33.8 Å². The number of rotatable bonds is 5. The Morgan fingerprint density at radius 1 is 1.21 bits per heavy atom. The van der Waals surface area contributed by atoms with E-state index in [9.17, 15) is 4.79 Å². The molecular formula is C18H19N3O2S. The molecule has 2 aromatic heterocycles. The van der Waals surface area contributed by atoms with Crippen LogP contribution in [0.25, 0.3) is 11.4 Å². The molecule has 3 rings (SSSR count). The van der Waals surface area contributed by atoms with E-state index in [0.29, 0.717) is 10.9 Å². The summed E-state index contributed by atoms with van der Waals surface area (Å²) in [5.41, 5.74) is 3.84. The number of carbonyl (C=O) groups is 1. The molecule has 0 bridgehead atoms. The molecule has 0 radical (unpaired) electrons. The van der Waals surface area contributed by atoms with Gasteiger partial charge in [0.1, 0.15) is 5.76 Å². The molecule has 0 saturated carbocycles. The van der Waals surface area contributed by atoms with E-state index in [1.165, 1.54) is 11.8 Å². The van der Waals surface area contributed by atoms with Crippen LogP contribution in [0.5, 0.6) is 0 Å². The van der Waals surface area contributed by atoms with Crippen molar-refractivity contribution in [2.45, 2.75) is 25.9 Å². The van der Waals surface area contributed by atoms with Crippen molar-refractivity contribution < 1.29 is 9.21 Å². The fourth-order valence-electron chi connectivity index (χ4n) is 2.63. The summed E-state index contributed by atoms with van der Waals surface area (Å²) in [5, 5.41) is 9.13. The molecule has 6 heteroatoms. The Labute approximate surface area is 145 Å². The zero-order valence-electron chi connectivity index (χ0n) is 14.2. The van der Waals surface area contributed by atoms with Crippen LogP contribution < -0.4 is 0 Å². The number of hydrogen-bond donors (Lipinski definition) is 0. The van der Waals surface area contributed by atoms with Crippen LogP contribution in [-0.2, 0) is 7.05 Å². The summed E-state index contributed by atoms with van der Waals surface area (Å²) in [6, 6.07) is 7.76. The van der Waals surface area contributed by atoms with Gasteiger partial charge in [-0.15, -0.1) is 10.2 Å². The Bertz CT molecular complexity index is 896. The maximum absolute atomic E-state index is 12.5. The van der Waals surface area contributed by atoms with Gasteiger partial charge in [0.25, 0.3) is 0 Å². The van der Waals surface area contributed by atoms with Crippen LogP contribution in [0.15, 0.2) is 40.1 Å². The van der Waals surface area contributed by atoms with Crippen molar-refractivity contribution in [2.75, 3.05) is 5.75 Å². The van der Waals surface area contributed by atoms with Gasteiger partial charge in [0, 0.05) is 12.6 Å². The standard InChI is InChI=1S/C18H19N3O2S/c1-11-5-6-14(12(2)9-11)16(22)10-24-18-20-19-17(21(18)4)15-7-8-23-13(15)3/h5-9H,10H2,1-4H3. The molecule has 3 aromatic rings. The first kappa shape index (κ1) is 16.5. The highest BCUT2D eigenvalue weighted by molar-refractivity contribution is 7.99. The zero-order chi connectivity index (χ0) is 17.3. The normalized spacial score (nSPS) is 11.0. The van der Waals surface area contributed by atoms with Crippen LogP contribution >= 0.6 is 11.8 Å². The number of carbonyl (C=O) groups excluding carboxylic acids is 1. The van der Waals surface area contributed by atoms with Crippen molar-refractivity contribution in [1.82, 2.24) is 14.8 Å². The van der Waals surface area contributed by atoms with Gasteiger partial charge >= 0.3 is 0 Å². The lowest BCUT2D eigenvalue weighted by atomic mass is 10.0. The highest BCUT2D eigenvalue weighted by Crippen LogP contribution is 2.26. The third-order valence-electron chi connectivity index (χ3n) is 3.95. The molecule has 0 N–H and O–H groups in total. The number of furan rings is 1. The minimum atomic E-state index is 0.0986. The number of hydrogen-bond acceptors (Lipinski definition) is 5. The largest absolute Gasteiger partial charge is 0.469 e. The molecule has 0 aliphatic carbocycles. The summed E-state index contributed by atoms with van der Waals surface area (Å²) >= 11 is 1.40. The van der Waals surface area contributed by atoms with Crippen molar-refractivity contribution in [1.29, 1.82) is 0 Å². The van der Waals surface area contributed by atoms with Gasteiger partial charge in [0.05, 0.1) is 17.6 Å². The predicted molar refractivity (Wildman–Crippen MR) is 94.4 cm³/mol. The lowest BCUT2D eigenvalue weighted by Crippen LogP contribution is -2.06. The van der Waals surface area contributed by atoms with Gasteiger partial charge in [-0.1, -0.05) is 35.5 Å². The summed E-state index contributed by atoms with van der Waals surface area (Å²) in [7, 11) is 1.89. The first-order valence-corrected chi connectivity index (χ1v) is 8.63. The number of thioether (sulfide) groups is 1. The molecular weight excluding hydrogens is 322 g/mol. The summed E-state index contributed by atoms with van der Waals surface area (Å²) in [5.74, 6) is 1.97. The van der Waals surface area contributed by atoms with Gasteiger partial charge in [0.2, 0.25) is 0 Å². The molecule has 0 aliphatic rings. The second-order valence-electron chi connectivity index (χ2n) is 5.79. The van der Waals surface area contributed by atoms with Gasteiger partial charge in [-0.3, -0.25) is 4.79 Å². The monoisotopic (exact) mass is 341 g/mol. The number of aromatic nitrogens is 3. The summed E-state index contributed by atoms with van der Waals surface area (Å²) < 4.78 is 7.21. The smallest absolute Gasteiger partial charge is 0.191 e. The number of Topliss-reactive ketones (excluding diaryl/α,β-unsaturated/α-hetero) is 1. The fraction of sp³-hybridized carbons (Fsp3) is 0.278. The van der Waals surface area contributed by atoms with Gasteiger partial charge in [-0.2, -0.15) is 0 Å². The Morgan fingerprint density at radius 3 is 2.67 bits per heavy atom. The molecule has 1 aromatic carbocycles. The third kappa shape index (κ3) is 3.14. The van der Waals surface area contributed by atoms with Crippen LogP contribution in [0.2, 0.25) is 0 Å². The Morgan fingerprint density at radius 2 is 2.00 bits per heavy atom. The molecule has 0 spiro atoms. The van der Waals surface area contributed by atoms with Crippen LogP contribution in [0.4, 0.5) is 0 Å². The average Bonchev–Trinajstić information content (AvgIpc) is 3.10. The summed E-state index contributed by atoms with van der Waals surface area (Å²) in [4.78, 5) is 12.5. The van der Waals surface area contributed by atoms with Crippen LogP contribution in [0.1, 0.15) is 27.2 Å². The molecule has 5 nitrogen and oxygen atoms in total. The maximum atomic E-state index is 12.5. The van der Waals surface area contributed by atoms with E-state index in [4.69, 9.17) is 4.42 Å². The van der Waals surface area contributed by atoms with E-state index >= 15 is 0 Å². The molecule has 0 unspecified atom stereocenters. The molecule has 0 fully saturated rings. The van der Waals surface area contributed by atoms with Crippen LogP contribution in [0, 0.1) is 20.8 Å².